The minimum atomic E-state index is -0.120. The Labute approximate surface area is 156 Å². The maximum Gasteiger partial charge on any atom is 0.262 e. The molecule has 0 atom stereocenters. The number of amides is 1. The number of nitrogens with one attached hydrogen (secondary N) is 1. The van der Waals surface area contributed by atoms with Gasteiger partial charge in [-0.3, -0.25) is 14.2 Å². The molecule has 0 aliphatic carbocycles. The molecule has 0 unspecified atom stereocenters. The topological polar surface area (TPSA) is 64.0 Å². The first kappa shape index (κ1) is 18.2. The molecule has 5 nitrogen and oxygen atoms in total. The van der Waals surface area contributed by atoms with Gasteiger partial charge in [0.15, 0.2) is 5.16 Å². The molecule has 0 aliphatic rings. The number of para-hydroxylation sites is 2. The van der Waals surface area contributed by atoms with E-state index in [0.29, 0.717) is 22.6 Å². The van der Waals surface area contributed by atoms with E-state index < -0.39 is 0 Å². The first-order chi connectivity index (χ1) is 12.7. The smallest absolute Gasteiger partial charge is 0.262 e. The van der Waals surface area contributed by atoms with E-state index in [-0.39, 0.29) is 17.2 Å². The molecule has 0 saturated heterocycles. The van der Waals surface area contributed by atoms with Crippen molar-refractivity contribution >= 4 is 34.3 Å². The number of carbonyl (C=O) groups excluding carboxylic acids is 1. The lowest BCUT2D eigenvalue weighted by molar-refractivity contribution is -0.113. The van der Waals surface area contributed by atoms with Crippen LogP contribution < -0.4 is 10.9 Å². The van der Waals surface area contributed by atoms with Crippen molar-refractivity contribution in [2.75, 3.05) is 11.1 Å². The van der Waals surface area contributed by atoms with Crippen LogP contribution in [0.25, 0.3) is 10.9 Å². The van der Waals surface area contributed by atoms with Crippen molar-refractivity contribution in [1.82, 2.24) is 9.55 Å². The van der Waals surface area contributed by atoms with E-state index in [2.05, 4.69) is 17.2 Å². The van der Waals surface area contributed by atoms with Crippen LogP contribution in [-0.4, -0.2) is 21.2 Å². The van der Waals surface area contributed by atoms with Crippen molar-refractivity contribution < 1.29 is 4.79 Å². The van der Waals surface area contributed by atoms with Gasteiger partial charge in [0.2, 0.25) is 5.91 Å². The molecular weight excluding hydrogens is 346 g/mol. The molecule has 26 heavy (non-hydrogen) atoms. The van der Waals surface area contributed by atoms with Gasteiger partial charge in [-0.05, 0) is 30.7 Å². The minimum Gasteiger partial charge on any atom is -0.325 e. The number of carbonyl (C=O) groups is 1. The lowest BCUT2D eigenvalue weighted by Crippen LogP contribution is -2.24. The molecule has 6 heteroatoms. The van der Waals surface area contributed by atoms with Gasteiger partial charge >= 0.3 is 0 Å². The van der Waals surface area contributed by atoms with Crippen LogP contribution in [0.2, 0.25) is 0 Å². The Bertz CT molecular complexity index is 954. The number of aromatic nitrogens is 2. The second kappa shape index (κ2) is 8.67. The summed E-state index contributed by atoms with van der Waals surface area (Å²) < 4.78 is 1.69. The number of fused-ring (bicyclic) bond motifs is 1. The highest BCUT2D eigenvalue weighted by Gasteiger charge is 2.13. The molecule has 3 rings (SSSR count). The molecule has 2 aromatic carbocycles. The maximum atomic E-state index is 12.8. The Morgan fingerprint density at radius 1 is 1.12 bits per heavy atom. The molecule has 3 aromatic rings. The lowest BCUT2D eigenvalue weighted by Gasteiger charge is -2.12. The molecule has 0 saturated carbocycles. The first-order valence-corrected chi connectivity index (χ1v) is 9.65. The second-order valence-electron chi connectivity index (χ2n) is 5.92. The number of thioether (sulfide) groups is 1. The fraction of sp³-hybridized carbons (Fsp3) is 0.250. The molecular formula is C20H21N3O2S. The predicted octanol–water partition coefficient (Wildman–Crippen LogP) is 3.93. The highest BCUT2D eigenvalue weighted by Crippen LogP contribution is 2.19. The zero-order valence-corrected chi connectivity index (χ0v) is 15.5. The van der Waals surface area contributed by atoms with Crippen molar-refractivity contribution in [3.8, 4) is 0 Å². The Balaban J connectivity index is 1.81. The van der Waals surface area contributed by atoms with Gasteiger partial charge < -0.3 is 5.32 Å². The molecule has 134 valence electrons. The van der Waals surface area contributed by atoms with Gasteiger partial charge in [0.1, 0.15) is 0 Å². The summed E-state index contributed by atoms with van der Waals surface area (Å²) in [5.74, 6) is 0.0804. The number of nitrogens with zero attached hydrogens (tertiary/aromatic N) is 2. The van der Waals surface area contributed by atoms with Crippen LogP contribution in [0, 0.1) is 0 Å². The van der Waals surface area contributed by atoms with Crippen molar-refractivity contribution in [2.24, 2.45) is 0 Å². The molecule has 0 bridgehead atoms. The van der Waals surface area contributed by atoms with E-state index in [1.807, 2.05) is 48.5 Å². The quantitative estimate of drug-likeness (QED) is 0.508. The number of rotatable bonds is 7. The second-order valence-corrected chi connectivity index (χ2v) is 6.87. The molecule has 1 amide bonds. The fourth-order valence-electron chi connectivity index (χ4n) is 2.62. The normalized spacial score (nSPS) is 10.8. The van der Waals surface area contributed by atoms with Crippen LogP contribution in [0.5, 0.6) is 0 Å². The Morgan fingerprint density at radius 2 is 1.85 bits per heavy atom. The number of benzene rings is 2. The highest BCUT2D eigenvalue weighted by molar-refractivity contribution is 7.99. The van der Waals surface area contributed by atoms with Crippen molar-refractivity contribution in [3.63, 3.8) is 0 Å². The number of hydrogen-bond acceptors (Lipinski definition) is 4. The van der Waals surface area contributed by atoms with E-state index in [9.17, 15) is 9.59 Å². The van der Waals surface area contributed by atoms with Crippen molar-refractivity contribution in [2.45, 2.75) is 31.5 Å². The van der Waals surface area contributed by atoms with E-state index in [4.69, 9.17) is 0 Å². The van der Waals surface area contributed by atoms with Crippen LogP contribution >= 0.6 is 11.8 Å². The third kappa shape index (κ3) is 4.32. The van der Waals surface area contributed by atoms with E-state index >= 15 is 0 Å². The Kier molecular flexibility index (Phi) is 6.07. The van der Waals surface area contributed by atoms with Crippen LogP contribution in [0.15, 0.2) is 64.5 Å². The van der Waals surface area contributed by atoms with Gasteiger partial charge in [-0.25, -0.2) is 4.98 Å². The molecule has 1 heterocycles. The average Bonchev–Trinajstić information content (AvgIpc) is 2.67. The molecule has 0 aliphatic heterocycles. The van der Waals surface area contributed by atoms with Gasteiger partial charge in [0.25, 0.3) is 5.56 Å². The summed E-state index contributed by atoms with van der Waals surface area (Å²) in [6.07, 6.45) is 1.88. The van der Waals surface area contributed by atoms with Gasteiger partial charge in [0, 0.05) is 12.2 Å². The summed E-state index contributed by atoms with van der Waals surface area (Å²) in [6.45, 7) is 2.69. The third-order valence-electron chi connectivity index (χ3n) is 3.95. The molecule has 0 spiro atoms. The zero-order valence-electron chi connectivity index (χ0n) is 14.6. The van der Waals surface area contributed by atoms with Gasteiger partial charge in [0.05, 0.1) is 16.7 Å². The monoisotopic (exact) mass is 367 g/mol. The highest BCUT2D eigenvalue weighted by atomic mass is 32.2. The van der Waals surface area contributed by atoms with Gasteiger partial charge in [-0.15, -0.1) is 0 Å². The summed E-state index contributed by atoms with van der Waals surface area (Å²) in [6, 6.07) is 16.7. The molecule has 1 aromatic heterocycles. The van der Waals surface area contributed by atoms with Crippen molar-refractivity contribution in [1.29, 1.82) is 0 Å². The summed E-state index contributed by atoms with van der Waals surface area (Å²) in [4.78, 5) is 29.6. The fourth-order valence-corrected chi connectivity index (χ4v) is 3.45. The minimum absolute atomic E-state index is 0.0463. The number of unbranched alkanes of at least 4 members (excludes halogenated alkanes) is 1. The third-order valence-corrected chi connectivity index (χ3v) is 4.93. The van der Waals surface area contributed by atoms with Crippen LogP contribution in [0.4, 0.5) is 5.69 Å². The summed E-state index contributed by atoms with van der Waals surface area (Å²) in [7, 11) is 0. The van der Waals surface area contributed by atoms with Gasteiger partial charge in [-0.1, -0.05) is 55.4 Å². The Morgan fingerprint density at radius 3 is 2.62 bits per heavy atom. The lowest BCUT2D eigenvalue weighted by atomic mass is 10.2. The van der Waals surface area contributed by atoms with Crippen LogP contribution in [0.3, 0.4) is 0 Å². The predicted molar refractivity (Wildman–Crippen MR) is 107 cm³/mol. The van der Waals surface area contributed by atoms with E-state index in [1.54, 1.807) is 10.6 Å². The maximum absolute atomic E-state index is 12.8. The molecule has 1 N–H and O–H groups in total. The molecule has 0 radical (unpaired) electrons. The van der Waals surface area contributed by atoms with Crippen molar-refractivity contribution in [3.05, 3.63) is 65.0 Å². The summed E-state index contributed by atoms with van der Waals surface area (Å²) >= 11 is 1.29. The number of hydrogen-bond donors (Lipinski definition) is 1. The van der Waals surface area contributed by atoms with E-state index in [0.717, 1.165) is 18.5 Å². The SMILES string of the molecule is CCCCn1c(SCC(=O)Nc2ccccc2)nc2ccccc2c1=O. The average molecular weight is 367 g/mol. The van der Waals surface area contributed by atoms with Gasteiger partial charge in [-0.2, -0.15) is 0 Å². The molecule has 0 fully saturated rings. The largest absolute Gasteiger partial charge is 0.325 e. The zero-order chi connectivity index (χ0) is 18.4. The Hall–Kier alpha value is -2.60. The number of anilines is 1. The van der Waals surface area contributed by atoms with Crippen LogP contribution in [0.1, 0.15) is 19.8 Å². The summed E-state index contributed by atoms with van der Waals surface area (Å²) in [5, 5.41) is 4.05. The van der Waals surface area contributed by atoms with Crippen LogP contribution in [-0.2, 0) is 11.3 Å². The standard InChI is InChI=1S/C20H21N3O2S/c1-2-3-13-23-19(25)16-11-7-8-12-17(16)22-20(23)26-14-18(24)21-15-9-5-4-6-10-15/h4-12H,2-3,13-14H2,1H3,(H,21,24). The van der Waals surface area contributed by atoms with E-state index in [1.165, 1.54) is 11.8 Å². The summed E-state index contributed by atoms with van der Waals surface area (Å²) in [5.41, 5.74) is 1.37. The first-order valence-electron chi connectivity index (χ1n) is 8.66.